The van der Waals surface area contributed by atoms with Gasteiger partial charge in [0.15, 0.2) is 5.78 Å². The maximum atomic E-state index is 11.5. The number of hydrogen-bond acceptors (Lipinski definition) is 7. The molecule has 2 aliphatic heterocycles. The minimum atomic E-state index is -0.304. The van der Waals surface area contributed by atoms with E-state index in [2.05, 4.69) is 44.0 Å². The van der Waals surface area contributed by atoms with Crippen LogP contribution in [0.15, 0.2) is 29.3 Å². The van der Waals surface area contributed by atoms with Gasteiger partial charge in [-0.05, 0) is 52.2 Å². The number of ether oxygens (including phenoxy) is 1. The summed E-state index contributed by atoms with van der Waals surface area (Å²) in [5, 5.41) is 14.5. The second-order valence-corrected chi connectivity index (χ2v) is 11.2. The number of nitrogens with one attached hydrogen (secondary N) is 1. The Kier molecular flexibility index (Phi) is 7.32. The van der Waals surface area contributed by atoms with Gasteiger partial charge in [-0.1, -0.05) is 24.3 Å². The molecule has 180 valence electrons. The fourth-order valence-electron chi connectivity index (χ4n) is 4.88. The molecule has 1 N–H and O–H groups in total. The average molecular weight is 479 g/mol. The number of carbonyl (C=O) groups is 1. The van der Waals surface area contributed by atoms with Crippen molar-refractivity contribution in [3.05, 3.63) is 52.1 Å². The number of ketones is 1. The molecule has 2 unspecified atom stereocenters. The highest BCUT2D eigenvalue weighted by Crippen LogP contribution is 2.39. The Labute approximate surface area is 207 Å². The lowest BCUT2D eigenvalue weighted by Crippen LogP contribution is -2.55. The number of hydrogen-bond donors (Lipinski definition) is 1. The van der Waals surface area contributed by atoms with E-state index in [0.29, 0.717) is 30.7 Å². The maximum absolute atomic E-state index is 11.5. The highest BCUT2D eigenvalue weighted by atomic mass is 32.2. The van der Waals surface area contributed by atoms with Crippen molar-refractivity contribution >= 4 is 23.4 Å². The lowest BCUT2D eigenvalue weighted by molar-refractivity contribution is -0.0402. The van der Waals surface area contributed by atoms with E-state index in [1.54, 1.807) is 18.7 Å². The van der Waals surface area contributed by atoms with Gasteiger partial charge in [-0.15, -0.1) is 11.8 Å². The molecule has 3 heterocycles. The molecule has 1 aromatic heterocycles. The van der Waals surface area contributed by atoms with Gasteiger partial charge in [0.05, 0.1) is 17.8 Å². The maximum Gasteiger partial charge on any atom is 0.159 e. The lowest BCUT2D eigenvalue weighted by atomic mass is 9.89. The topological polar surface area (TPSA) is 78.3 Å². The third kappa shape index (κ3) is 5.46. The van der Waals surface area contributed by atoms with E-state index >= 15 is 0 Å². The fraction of sp³-hybridized carbons (Fsp3) is 0.519. The van der Waals surface area contributed by atoms with Gasteiger partial charge in [-0.3, -0.25) is 4.79 Å². The number of aromatic nitrogens is 1. The molecular formula is C27H34N4O2S. The molecule has 0 aliphatic carbocycles. The van der Waals surface area contributed by atoms with Crippen LogP contribution in [-0.2, 0) is 24.2 Å². The highest BCUT2D eigenvalue weighted by molar-refractivity contribution is 7.99. The van der Waals surface area contributed by atoms with Gasteiger partial charge in [0.25, 0.3) is 0 Å². The first kappa shape index (κ1) is 24.7. The van der Waals surface area contributed by atoms with Crippen LogP contribution in [0.1, 0.15) is 67.2 Å². The van der Waals surface area contributed by atoms with Gasteiger partial charge in [-0.25, -0.2) is 4.98 Å². The number of nitrogens with zero attached hydrogens (tertiary/aromatic N) is 3. The molecule has 1 saturated heterocycles. The first-order valence-corrected chi connectivity index (χ1v) is 13.0. The summed E-state index contributed by atoms with van der Waals surface area (Å²) < 4.78 is 6.16. The molecule has 2 aromatic rings. The largest absolute Gasteiger partial charge is 0.370 e. The van der Waals surface area contributed by atoms with E-state index < -0.39 is 0 Å². The third-order valence-electron chi connectivity index (χ3n) is 6.53. The number of thioether (sulfide) groups is 1. The molecule has 7 heteroatoms. The molecule has 2 aliphatic rings. The number of aryl methyl sites for hydroxylation is 1. The van der Waals surface area contributed by atoms with Crippen LogP contribution < -0.4 is 10.2 Å². The van der Waals surface area contributed by atoms with Crippen molar-refractivity contribution in [3.63, 3.8) is 0 Å². The predicted molar refractivity (Wildman–Crippen MR) is 137 cm³/mol. The molecule has 0 saturated carbocycles. The monoisotopic (exact) mass is 478 g/mol. The Bertz CT molecular complexity index is 1100. The van der Waals surface area contributed by atoms with Crippen molar-refractivity contribution < 1.29 is 9.53 Å². The quantitative estimate of drug-likeness (QED) is 0.483. The summed E-state index contributed by atoms with van der Waals surface area (Å²) in [5.74, 6) is 1.86. The Morgan fingerprint density at radius 3 is 2.53 bits per heavy atom. The average Bonchev–Trinajstić information content (AvgIpc) is 2.77. The van der Waals surface area contributed by atoms with Gasteiger partial charge >= 0.3 is 0 Å². The molecule has 6 nitrogen and oxygen atoms in total. The Morgan fingerprint density at radius 2 is 1.91 bits per heavy atom. The van der Waals surface area contributed by atoms with E-state index in [1.165, 1.54) is 5.56 Å². The summed E-state index contributed by atoms with van der Waals surface area (Å²) in [4.78, 5) is 19.0. The van der Waals surface area contributed by atoms with Gasteiger partial charge in [0, 0.05) is 48.5 Å². The Hall–Kier alpha value is -2.40. The number of rotatable bonds is 6. The number of anilines is 1. The van der Waals surface area contributed by atoms with Gasteiger partial charge in [-0.2, -0.15) is 5.26 Å². The molecule has 1 fully saturated rings. The molecule has 1 aromatic carbocycles. The number of carbonyl (C=O) groups excluding carboxylic acids is 1. The number of nitriles is 1. The molecule has 0 amide bonds. The van der Waals surface area contributed by atoms with Crippen LogP contribution in [0.2, 0.25) is 0 Å². The van der Waals surface area contributed by atoms with Gasteiger partial charge in [0.2, 0.25) is 0 Å². The van der Waals surface area contributed by atoms with Crippen LogP contribution >= 0.6 is 11.8 Å². The normalized spacial score (nSPS) is 21.6. The number of Topliss-reactive ketones (excluding diaryl/α,β-unsaturated/α-hetero) is 1. The first-order valence-electron chi connectivity index (χ1n) is 12.0. The SMILES string of the molecule is CC(=O)c1ccc(CCSc2nc(N3CC(C)NC(C)C3)c3c(c2C#N)CC(C)(C)OC3)cc1. The van der Waals surface area contributed by atoms with Crippen molar-refractivity contribution in [3.8, 4) is 6.07 Å². The zero-order chi connectivity index (χ0) is 24.5. The molecule has 4 rings (SSSR count). The van der Waals surface area contributed by atoms with Crippen LogP contribution in [-0.4, -0.2) is 47.3 Å². The summed E-state index contributed by atoms with van der Waals surface area (Å²) in [6.07, 6.45) is 1.55. The second kappa shape index (κ2) is 10.1. The molecule has 0 bridgehead atoms. The summed E-state index contributed by atoms with van der Waals surface area (Å²) in [6.45, 7) is 12.4. The fourth-order valence-corrected chi connectivity index (χ4v) is 5.87. The number of piperazine rings is 1. The number of fused-ring (bicyclic) bond motifs is 1. The van der Waals surface area contributed by atoms with Crippen LogP contribution in [0.3, 0.4) is 0 Å². The second-order valence-electron chi connectivity index (χ2n) is 10.1. The Balaban J connectivity index is 1.63. The summed E-state index contributed by atoms with van der Waals surface area (Å²) in [5.41, 5.74) is 4.46. The standard InChI is InChI=1S/C27H34N4O2S/c1-17-14-31(15-18(2)29-17)25-24-16-33-27(4,5)12-22(24)23(13-28)26(30-25)34-11-10-20-6-8-21(9-7-20)19(3)32/h6-9,17-18,29H,10-12,14-16H2,1-5H3. The highest BCUT2D eigenvalue weighted by Gasteiger charge is 2.34. The zero-order valence-electron chi connectivity index (χ0n) is 20.8. The Morgan fingerprint density at radius 1 is 1.24 bits per heavy atom. The lowest BCUT2D eigenvalue weighted by Gasteiger charge is -2.40. The minimum absolute atomic E-state index is 0.0776. The van der Waals surface area contributed by atoms with E-state index in [-0.39, 0.29) is 11.4 Å². The van der Waals surface area contributed by atoms with E-state index in [0.717, 1.165) is 52.8 Å². The summed E-state index contributed by atoms with van der Waals surface area (Å²) in [7, 11) is 0. The third-order valence-corrected chi connectivity index (χ3v) is 7.50. The van der Waals surface area contributed by atoms with Crippen LogP contribution in [0.5, 0.6) is 0 Å². The van der Waals surface area contributed by atoms with E-state index in [9.17, 15) is 10.1 Å². The summed E-state index contributed by atoms with van der Waals surface area (Å²) in [6, 6.07) is 11.0. The summed E-state index contributed by atoms with van der Waals surface area (Å²) >= 11 is 1.65. The number of benzene rings is 1. The van der Waals surface area contributed by atoms with E-state index in [4.69, 9.17) is 9.72 Å². The van der Waals surface area contributed by atoms with Crippen molar-refractivity contribution in [2.75, 3.05) is 23.7 Å². The van der Waals surface area contributed by atoms with Gasteiger partial charge < -0.3 is 15.0 Å². The first-order chi connectivity index (χ1) is 16.2. The van der Waals surface area contributed by atoms with Gasteiger partial charge in [0.1, 0.15) is 16.9 Å². The van der Waals surface area contributed by atoms with Crippen LogP contribution in [0, 0.1) is 11.3 Å². The molecule has 2 atom stereocenters. The van der Waals surface area contributed by atoms with Crippen molar-refractivity contribution in [1.29, 1.82) is 5.26 Å². The van der Waals surface area contributed by atoms with Crippen molar-refractivity contribution in [2.45, 2.75) is 76.8 Å². The number of pyridine rings is 1. The minimum Gasteiger partial charge on any atom is -0.370 e. The smallest absolute Gasteiger partial charge is 0.159 e. The molecular weight excluding hydrogens is 444 g/mol. The molecule has 34 heavy (non-hydrogen) atoms. The van der Waals surface area contributed by atoms with Crippen molar-refractivity contribution in [1.82, 2.24) is 10.3 Å². The van der Waals surface area contributed by atoms with Crippen LogP contribution in [0.25, 0.3) is 0 Å². The van der Waals surface area contributed by atoms with Crippen LogP contribution in [0.4, 0.5) is 5.82 Å². The zero-order valence-corrected chi connectivity index (χ0v) is 21.6. The predicted octanol–water partition coefficient (Wildman–Crippen LogP) is 4.53. The molecule has 0 spiro atoms. The van der Waals surface area contributed by atoms with Crippen molar-refractivity contribution in [2.24, 2.45) is 0 Å². The molecule has 0 radical (unpaired) electrons. The van der Waals surface area contributed by atoms with E-state index in [1.807, 2.05) is 24.3 Å².